The predicted molar refractivity (Wildman–Crippen MR) is 77.1 cm³/mol. The van der Waals surface area contributed by atoms with Crippen LogP contribution in [0.5, 0.6) is 0 Å². The molecule has 0 atom stereocenters. The van der Waals surface area contributed by atoms with Crippen molar-refractivity contribution in [1.82, 2.24) is 10.2 Å². The molecule has 18 heavy (non-hydrogen) atoms. The van der Waals surface area contributed by atoms with Crippen LogP contribution in [-0.4, -0.2) is 10.2 Å². The lowest BCUT2D eigenvalue weighted by Crippen LogP contribution is -1.97. The Labute approximate surface area is 113 Å². The maximum atomic E-state index is 5.85. The Kier molecular flexibility index (Phi) is 2.72. The van der Waals surface area contributed by atoms with E-state index in [2.05, 4.69) is 26.1 Å². The maximum absolute atomic E-state index is 5.85. The number of nitrogens with zero attached hydrogens (tertiary/aromatic N) is 2. The number of hydrogen-bond acceptors (Lipinski definition) is 3. The molecule has 3 aromatic rings. The molecule has 0 unspecified atom stereocenters. The van der Waals surface area contributed by atoms with Crippen molar-refractivity contribution in [2.45, 2.75) is 0 Å². The molecule has 0 spiro atoms. The number of fused-ring (bicyclic) bond motifs is 1. The van der Waals surface area contributed by atoms with Gasteiger partial charge >= 0.3 is 0 Å². The fraction of sp³-hybridized carbons (Fsp3) is 0. The van der Waals surface area contributed by atoms with E-state index in [4.69, 9.17) is 5.73 Å². The molecule has 3 rings (SSSR count). The molecule has 4 heteroatoms. The van der Waals surface area contributed by atoms with Crippen molar-refractivity contribution in [2.75, 3.05) is 5.73 Å². The van der Waals surface area contributed by atoms with Crippen LogP contribution in [0.15, 0.2) is 53.0 Å². The molecule has 3 nitrogen and oxygen atoms in total. The quantitative estimate of drug-likeness (QED) is 0.746. The van der Waals surface area contributed by atoms with Crippen molar-refractivity contribution in [1.29, 1.82) is 0 Å². The van der Waals surface area contributed by atoms with Gasteiger partial charge in [0.15, 0.2) is 5.82 Å². The van der Waals surface area contributed by atoms with Crippen LogP contribution in [0, 0.1) is 0 Å². The fourth-order valence-corrected chi connectivity index (χ4v) is 2.37. The summed E-state index contributed by atoms with van der Waals surface area (Å²) in [5.74, 6) is 0.462. The highest BCUT2D eigenvalue weighted by molar-refractivity contribution is 9.10. The monoisotopic (exact) mass is 299 g/mol. The number of rotatable bonds is 1. The highest BCUT2D eigenvalue weighted by atomic mass is 79.9. The first-order valence-corrected chi connectivity index (χ1v) is 6.32. The number of aromatic nitrogens is 2. The molecular formula is C14H10BrN3. The SMILES string of the molecule is Nc1nnc(-c2cccc(Br)c2)c2ccccc12. The second-order valence-electron chi connectivity index (χ2n) is 3.99. The summed E-state index contributed by atoms with van der Waals surface area (Å²) in [7, 11) is 0. The van der Waals surface area contributed by atoms with Gasteiger partial charge in [0.1, 0.15) is 5.69 Å². The van der Waals surface area contributed by atoms with Gasteiger partial charge in [-0.05, 0) is 12.1 Å². The summed E-state index contributed by atoms with van der Waals surface area (Å²) >= 11 is 3.47. The van der Waals surface area contributed by atoms with Gasteiger partial charge < -0.3 is 5.73 Å². The van der Waals surface area contributed by atoms with E-state index < -0.39 is 0 Å². The van der Waals surface area contributed by atoms with Crippen LogP contribution in [0.2, 0.25) is 0 Å². The molecule has 0 saturated carbocycles. The molecule has 0 radical (unpaired) electrons. The van der Waals surface area contributed by atoms with Crippen molar-refractivity contribution in [3.05, 3.63) is 53.0 Å². The maximum Gasteiger partial charge on any atom is 0.154 e. The molecule has 0 aliphatic carbocycles. The zero-order valence-electron chi connectivity index (χ0n) is 9.47. The summed E-state index contributed by atoms with van der Waals surface area (Å²) in [5.41, 5.74) is 7.72. The standard InChI is InChI=1S/C14H10BrN3/c15-10-5-3-4-9(8-10)13-11-6-1-2-7-12(11)14(16)18-17-13/h1-8H,(H2,16,18). The zero-order valence-corrected chi connectivity index (χ0v) is 11.1. The van der Waals surface area contributed by atoms with Gasteiger partial charge in [-0.1, -0.05) is 52.3 Å². The summed E-state index contributed by atoms with van der Waals surface area (Å²) in [6.07, 6.45) is 0. The third-order valence-electron chi connectivity index (χ3n) is 2.81. The van der Waals surface area contributed by atoms with Gasteiger partial charge in [0.05, 0.1) is 0 Å². The van der Waals surface area contributed by atoms with Crippen LogP contribution in [-0.2, 0) is 0 Å². The Balaban J connectivity index is 2.33. The highest BCUT2D eigenvalue weighted by Gasteiger charge is 2.08. The Hall–Kier alpha value is -1.94. The Morgan fingerprint density at radius 2 is 1.67 bits per heavy atom. The van der Waals surface area contributed by atoms with E-state index in [1.54, 1.807) is 0 Å². The lowest BCUT2D eigenvalue weighted by Gasteiger charge is -2.06. The molecule has 2 aromatic carbocycles. The van der Waals surface area contributed by atoms with E-state index >= 15 is 0 Å². The van der Waals surface area contributed by atoms with E-state index in [1.807, 2.05) is 48.5 Å². The molecule has 0 fully saturated rings. The normalized spacial score (nSPS) is 10.7. The molecule has 2 N–H and O–H groups in total. The molecule has 0 aliphatic rings. The Bertz CT molecular complexity index is 725. The van der Waals surface area contributed by atoms with E-state index in [1.165, 1.54) is 0 Å². The summed E-state index contributed by atoms with van der Waals surface area (Å²) in [6, 6.07) is 15.9. The molecule has 0 bridgehead atoms. The second kappa shape index (κ2) is 4.38. The van der Waals surface area contributed by atoms with Crippen LogP contribution in [0.25, 0.3) is 22.0 Å². The molecule has 0 amide bonds. The molecule has 88 valence electrons. The lowest BCUT2D eigenvalue weighted by molar-refractivity contribution is 1.07. The largest absolute Gasteiger partial charge is 0.382 e. The average Bonchev–Trinajstić information content (AvgIpc) is 2.39. The fourth-order valence-electron chi connectivity index (χ4n) is 1.97. The van der Waals surface area contributed by atoms with Crippen LogP contribution in [0.1, 0.15) is 0 Å². The molecular weight excluding hydrogens is 290 g/mol. The lowest BCUT2D eigenvalue weighted by atomic mass is 10.1. The Morgan fingerprint density at radius 1 is 0.889 bits per heavy atom. The van der Waals surface area contributed by atoms with Crippen molar-refractivity contribution >= 4 is 32.5 Å². The van der Waals surface area contributed by atoms with Gasteiger partial charge in [0.2, 0.25) is 0 Å². The number of nitrogen functional groups attached to an aromatic ring is 1. The number of hydrogen-bond donors (Lipinski definition) is 1. The summed E-state index contributed by atoms with van der Waals surface area (Å²) in [5, 5.41) is 10.2. The predicted octanol–water partition coefficient (Wildman–Crippen LogP) is 3.64. The van der Waals surface area contributed by atoms with Crippen LogP contribution in [0.3, 0.4) is 0 Å². The third-order valence-corrected chi connectivity index (χ3v) is 3.31. The van der Waals surface area contributed by atoms with Gasteiger partial charge in [-0.15, -0.1) is 10.2 Å². The summed E-state index contributed by atoms with van der Waals surface area (Å²) < 4.78 is 1.02. The van der Waals surface area contributed by atoms with Crippen molar-refractivity contribution < 1.29 is 0 Å². The Morgan fingerprint density at radius 3 is 2.44 bits per heavy atom. The molecule has 1 aromatic heterocycles. The van der Waals surface area contributed by atoms with E-state index in [9.17, 15) is 0 Å². The molecule has 1 heterocycles. The van der Waals surface area contributed by atoms with E-state index in [-0.39, 0.29) is 0 Å². The van der Waals surface area contributed by atoms with E-state index in [0.29, 0.717) is 5.82 Å². The van der Waals surface area contributed by atoms with Gasteiger partial charge in [-0.3, -0.25) is 0 Å². The minimum atomic E-state index is 0.462. The van der Waals surface area contributed by atoms with E-state index in [0.717, 1.165) is 26.5 Å². The van der Waals surface area contributed by atoms with Crippen molar-refractivity contribution in [3.63, 3.8) is 0 Å². The smallest absolute Gasteiger partial charge is 0.154 e. The topological polar surface area (TPSA) is 51.8 Å². The zero-order chi connectivity index (χ0) is 12.5. The number of halogens is 1. The second-order valence-corrected chi connectivity index (χ2v) is 4.91. The van der Waals surface area contributed by atoms with Crippen LogP contribution in [0.4, 0.5) is 5.82 Å². The summed E-state index contributed by atoms with van der Waals surface area (Å²) in [6.45, 7) is 0. The van der Waals surface area contributed by atoms with Crippen molar-refractivity contribution in [3.8, 4) is 11.3 Å². The van der Waals surface area contributed by atoms with Crippen molar-refractivity contribution in [2.24, 2.45) is 0 Å². The van der Waals surface area contributed by atoms with Crippen LogP contribution >= 0.6 is 15.9 Å². The first-order chi connectivity index (χ1) is 8.75. The molecule has 0 aliphatic heterocycles. The minimum absolute atomic E-state index is 0.462. The number of nitrogens with two attached hydrogens (primary N) is 1. The average molecular weight is 300 g/mol. The van der Waals surface area contributed by atoms with Gasteiger partial charge in [0.25, 0.3) is 0 Å². The first-order valence-electron chi connectivity index (χ1n) is 5.52. The first kappa shape index (κ1) is 11.2. The number of anilines is 1. The van der Waals surface area contributed by atoms with Gasteiger partial charge in [0, 0.05) is 20.8 Å². The van der Waals surface area contributed by atoms with Gasteiger partial charge in [-0.25, -0.2) is 0 Å². The third kappa shape index (κ3) is 1.84. The minimum Gasteiger partial charge on any atom is -0.382 e. The van der Waals surface area contributed by atoms with Crippen LogP contribution < -0.4 is 5.73 Å². The highest BCUT2D eigenvalue weighted by Crippen LogP contribution is 2.29. The summed E-state index contributed by atoms with van der Waals surface area (Å²) in [4.78, 5) is 0. The molecule has 0 saturated heterocycles. The number of benzene rings is 2. The van der Waals surface area contributed by atoms with Gasteiger partial charge in [-0.2, -0.15) is 0 Å².